The lowest BCUT2D eigenvalue weighted by atomic mass is 10.1. The van der Waals surface area contributed by atoms with Crippen molar-refractivity contribution in [1.82, 2.24) is 9.21 Å². The maximum atomic E-state index is 12.9. The van der Waals surface area contributed by atoms with Crippen molar-refractivity contribution in [3.8, 4) is 11.5 Å². The number of nitrogens with one attached hydrogen (secondary N) is 1. The Hall–Kier alpha value is -3.40. The first-order valence-electron chi connectivity index (χ1n) is 12.0. The van der Waals surface area contributed by atoms with Crippen molar-refractivity contribution < 1.29 is 22.7 Å². The van der Waals surface area contributed by atoms with Crippen molar-refractivity contribution in [3.63, 3.8) is 0 Å². The average Bonchev–Trinajstić information content (AvgIpc) is 2.89. The molecular formula is C27H29N3O5S. The van der Waals surface area contributed by atoms with E-state index in [1.807, 2.05) is 31.2 Å². The number of anilines is 1. The molecule has 0 unspecified atom stereocenters. The summed E-state index contributed by atoms with van der Waals surface area (Å²) in [4.78, 5) is 15.3. The first-order chi connectivity index (χ1) is 17.4. The number of aryl methyl sites for hydroxylation is 1. The molecule has 0 aliphatic carbocycles. The predicted octanol–water partition coefficient (Wildman–Crippen LogP) is 3.53. The molecule has 2 aliphatic rings. The normalized spacial score (nSPS) is 16.5. The molecule has 0 spiro atoms. The zero-order valence-electron chi connectivity index (χ0n) is 20.1. The van der Waals surface area contributed by atoms with Crippen LogP contribution in [0.15, 0.2) is 71.6 Å². The van der Waals surface area contributed by atoms with Gasteiger partial charge in [0.15, 0.2) is 11.5 Å². The Balaban J connectivity index is 1.14. The van der Waals surface area contributed by atoms with Crippen LogP contribution in [0.5, 0.6) is 11.5 Å². The summed E-state index contributed by atoms with van der Waals surface area (Å²) < 4.78 is 38.5. The summed E-state index contributed by atoms with van der Waals surface area (Å²) >= 11 is 0. The first kappa shape index (κ1) is 24.3. The molecule has 3 aromatic carbocycles. The Morgan fingerprint density at radius 1 is 0.861 bits per heavy atom. The number of nitrogens with zero attached hydrogens (tertiary/aromatic N) is 2. The molecule has 188 valence electrons. The highest BCUT2D eigenvalue weighted by Crippen LogP contribution is 2.32. The number of fused-ring (bicyclic) bond motifs is 1. The minimum absolute atomic E-state index is 0.201. The zero-order valence-corrected chi connectivity index (χ0v) is 21.0. The number of amides is 1. The third-order valence-corrected chi connectivity index (χ3v) is 8.33. The highest BCUT2D eigenvalue weighted by atomic mass is 32.2. The van der Waals surface area contributed by atoms with Crippen molar-refractivity contribution in [2.75, 3.05) is 44.7 Å². The van der Waals surface area contributed by atoms with Gasteiger partial charge in [-0.1, -0.05) is 29.8 Å². The van der Waals surface area contributed by atoms with Crippen LogP contribution in [0.2, 0.25) is 0 Å². The molecule has 5 rings (SSSR count). The molecule has 2 heterocycles. The number of sulfonamides is 1. The molecule has 9 heteroatoms. The largest absolute Gasteiger partial charge is 0.486 e. The van der Waals surface area contributed by atoms with E-state index in [9.17, 15) is 13.2 Å². The Labute approximate surface area is 211 Å². The Morgan fingerprint density at radius 2 is 1.53 bits per heavy atom. The molecule has 0 radical (unpaired) electrons. The third-order valence-electron chi connectivity index (χ3n) is 6.41. The molecule has 0 atom stereocenters. The summed E-state index contributed by atoms with van der Waals surface area (Å²) in [6.07, 6.45) is 0. The lowest BCUT2D eigenvalue weighted by Crippen LogP contribution is -2.48. The molecule has 1 N–H and O–H groups in total. The molecule has 2 aliphatic heterocycles. The van der Waals surface area contributed by atoms with Gasteiger partial charge in [-0.05, 0) is 48.9 Å². The molecule has 0 saturated carbocycles. The van der Waals surface area contributed by atoms with Gasteiger partial charge < -0.3 is 14.8 Å². The number of hydrogen-bond acceptors (Lipinski definition) is 6. The van der Waals surface area contributed by atoms with E-state index in [0.29, 0.717) is 73.6 Å². The van der Waals surface area contributed by atoms with Gasteiger partial charge in [0.05, 0.1) is 4.90 Å². The van der Waals surface area contributed by atoms with Crippen LogP contribution < -0.4 is 14.8 Å². The highest BCUT2D eigenvalue weighted by molar-refractivity contribution is 7.89. The highest BCUT2D eigenvalue weighted by Gasteiger charge is 2.28. The van der Waals surface area contributed by atoms with Crippen LogP contribution in [0.1, 0.15) is 21.5 Å². The second kappa shape index (κ2) is 10.3. The Bertz CT molecular complexity index is 1330. The molecule has 1 amide bonds. The summed E-state index contributed by atoms with van der Waals surface area (Å²) in [5, 5.41) is 2.90. The van der Waals surface area contributed by atoms with Gasteiger partial charge in [0, 0.05) is 50.0 Å². The standard InChI is InChI=1S/C27H29N3O5S/c1-20-2-9-24(10-3-20)36(32,33)30-14-12-29(13-15-30)19-21-4-6-22(7-5-21)27(31)28-23-8-11-25-26(18-23)35-17-16-34-25/h2-11,18H,12-17,19H2,1H3,(H,28,31). The fraction of sp³-hybridized carbons (Fsp3) is 0.296. The van der Waals surface area contributed by atoms with E-state index in [1.165, 1.54) is 0 Å². The fourth-order valence-electron chi connectivity index (χ4n) is 4.33. The predicted molar refractivity (Wildman–Crippen MR) is 137 cm³/mol. The van der Waals surface area contributed by atoms with Gasteiger partial charge in [0.25, 0.3) is 5.91 Å². The lowest BCUT2D eigenvalue weighted by Gasteiger charge is -2.34. The molecule has 0 bridgehead atoms. The lowest BCUT2D eigenvalue weighted by molar-refractivity contribution is 0.102. The van der Waals surface area contributed by atoms with E-state index in [1.54, 1.807) is 46.8 Å². The topological polar surface area (TPSA) is 88.2 Å². The van der Waals surface area contributed by atoms with Crippen molar-refractivity contribution in [2.24, 2.45) is 0 Å². The van der Waals surface area contributed by atoms with Crippen molar-refractivity contribution in [1.29, 1.82) is 0 Å². The monoisotopic (exact) mass is 507 g/mol. The van der Waals surface area contributed by atoms with Crippen molar-refractivity contribution >= 4 is 21.6 Å². The van der Waals surface area contributed by atoms with E-state index in [4.69, 9.17) is 9.47 Å². The van der Waals surface area contributed by atoms with Crippen LogP contribution in [-0.2, 0) is 16.6 Å². The number of ether oxygens (including phenoxy) is 2. The summed E-state index contributed by atoms with van der Waals surface area (Å²) in [6, 6.07) is 19.8. The number of carbonyl (C=O) groups is 1. The molecule has 0 aromatic heterocycles. The molecule has 3 aromatic rings. The fourth-order valence-corrected chi connectivity index (χ4v) is 5.75. The minimum Gasteiger partial charge on any atom is -0.486 e. The first-order valence-corrected chi connectivity index (χ1v) is 13.4. The molecular weight excluding hydrogens is 478 g/mol. The zero-order chi connectivity index (χ0) is 25.1. The Kier molecular flexibility index (Phi) is 6.95. The summed E-state index contributed by atoms with van der Waals surface area (Å²) in [6.45, 7) is 5.85. The van der Waals surface area contributed by atoms with Crippen LogP contribution in [-0.4, -0.2) is 62.9 Å². The number of benzene rings is 3. The van der Waals surface area contributed by atoms with E-state index in [0.717, 1.165) is 11.1 Å². The number of hydrogen-bond donors (Lipinski definition) is 1. The molecule has 36 heavy (non-hydrogen) atoms. The number of rotatable bonds is 6. The van der Waals surface area contributed by atoms with Crippen LogP contribution >= 0.6 is 0 Å². The van der Waals surface area contributed by atoms with E-state index < -0.39 is 10.0 Å². The molecule has 1 saturated heterocycles. The summed E-state index contributed by atoms with van der Waals surface area (Å²) in [5.74, 6) is 1.10. The van der Waals surface area contributed by atoms with E-state index in [2.05, 4.69) is 10.2 Å². The van der Waals surface area contributed by atoms with E-state index in [-0.39, 0.29) is 5.91 Å². The van der Waals surface area contributed by atoms with Gasteiger partial charge in [0.1, 0.15) is 13.2 Å². The van der Waals surface area contributed by atoms with Crippen LogP contribution in [0, 0.1) is 6.92 Å². The molecule has 8 nitrogen and oxygen atoms in total. The van der Waals surface area contributed by atoms with Gasteiger partial charge in [-0.2, -0.15) is 4.31 Å². The van der Waals surface area contributed by atoms with Crippen LogP contribution in [0.25, 0.3) is 0 Å². The van der Waals surface area contributed by atoms with Gasteiger partial charge >= 0.3 is 0 Å². The van der Waals surface area contributed by atoms with Gasteiger partial charge in [-0.3, -0.25) is 9.69 Å². The average molecular weight is 508 g/mol. The second-order valence-corrected chi connectivity index (χ2v) is 10.9. The van der Waals surface area contributed by atoms with Gasteiger partial charge in [-0.25, -0.2) is 8.42 Å². The number of piperazine rings is 1. The quantitative estimate of drug-likeness (QED) is 0.549. The SMILES string of the molecule is Cc1ccc(S(=O)(=O)N2CCN(Cc3ccc(C(=O)Nc4ccc5c(c4)OCCO5)cc3)CC2)cc1. The molecule has 1 fully saturated rings. The van der Waals surface area contributed by atoms with E-state index >= 15 is 0 Å². The van der Waals surface area contributed by atoms with Crippen LogP contribution in [0.4, 0.5) is 5.69 Å². The van der Waals surface area contributed by atoms with Gasteiger partial charge in [0.2, 0.25) is 10.0 Å². The maximum absolute atomic E-state index is 12.9. The smallest absolute Gasteiger partial charge is 0.255 e. The minimum atomic E-state index is -3.47. The summed E-state index contributed by atoms with van der Waals surface area (Å²) in [5.41, 5.74) is 3.31. The Morgan fingerprint density at radius 3 is 2.22 bits per heavy atom. The van der Waals surface area contributed by atoms with Gasteiger partial charge in [-0.15, -0.1) is 0 Å². The number of carbonyl (C=O) groups excluding carboxylic acids is 1. The third kappa shape index (κ3) is 5.38. The second-order valence-electron chi connectivity index (χ2n) is 9.00. The maximum Gasteiger partial charge on any atom is 0.255 e. The van der Waals surface area contributed by atoms with Crippen LogP contribution in [0.3, 0.4) is 0 Å². The summed E-state index contributed by atoms with van der Waals surface area (Å²) in [7, 11) is -3.47. The van der Waals surface area contributed by atoms with Crippen molar-refractivity contribution in [2.45, 2.75) is 18.4 Å². The van der Waals surface area contributed by atoms with Crippen molar-refractivity contribution in [3.05, 3.63) is 83.4 Å².